The number of ether oxygens (including phenoxy) is 4. The van der Waals surface area contributed by atoms with Crippen molar-refractivity contribution >= 4 is 70.7 Å². The number of amides is 2. The first-order valence-electron chi connectivity index (χ1n) is 24.6. The lowest BCUT2D eigenvalue weighted by molar-refractivity contribution is -0.460. The van der Waals surface area contributed by atoms with E-state index in [0.717, 1.165) is 43.8 Å². The minimum atomic E-state index is -0.835. The summed E-state index contributed by atoms with van der Waals surface area (Å²) in [4.78, 5) is 59.0. The molecule has 0 saturated heterocycles. The number of fused-ring (bicyclic) bond motifs is 2. The fourth-order valence-electron chi connectivity index (χ4n) is 8.19. The van der Waals surface area contributed by atoms with Gasteiger partial charge >= 0.3 is 23.9 Å². The SMILES string of the molecule is C.C.NC(N)=[NH+]CCCC[C@@H](NC(=O)CCCOc1ccc2ccccc2c1-c1c(OCCCC(=O)N[C@H](CCCC[NH+]=C(N)N)C(=O)OCc2ccccc2)ccc2ccccc12)C(=O)OCc1ccccc1.S.[Cl-].[Cl-]. The van der Waals surface area contributed by atoms with E-state index in [0.29, 0.717) is 76.0 Å². The number of nitrogens with two attached hydrogens (primary N) is 4. The maximum absolute atomic E-state index is 13.4. The van der Waals surface area contributed by atoms with Crippen LogP contribution >= 0.6 is 13.5 Å². The summed E-state index contributed by atoms with van der Waals surface area (Å²) in [5.41, 5.74) is 25.4. The number of unbranched alkanes of at least 4 members (excludes halogenated alkanes) is 2. The van der Waals surface area contributed by atoms with Crippen molar-refractivity contribution in [3.05, 3.63) is 145 Å². The van der Waals surface area contributed by atoms with Gasteiger partial charge in [-0.05, 0) is 96.2 Å². The van der Waals surface area contributed by atoms with Gasteiger partial charge in [0, 0.05) is 24.0 Å². The van der Waals surface area contributed by atoms with E-state index >= 15 is 0 Å². The zero-order valence-corrected chi connectivity index (χ0v) is 44.5. The summed E-state index contributed by atoms with van der Waals surface area (Å²) in [6.07, 6.45) is 4.31. The summed E-state index contributed by atoms with van der Waals surface area (Å²) in [5, 5.41) is 9.67. The molecule has 0 unspecified atom stereocenters. The van der Waals surface area contributed by atoms with E-state index in [1.165, 1.54) is 0 Å². The molecule has 2 amide bonds. The van der Waals surface area contributed by atoms with Crippen molar-refractivity contribution in [3.8, 4) is 22.6 Å². The average Bonchev–Trinajstić information content (AvgIpc) is 3.39. The van der Waals surface area contributed by atoms with Crippen LogP contribution in [0.1, 0.15) is 90.2 Å². The summed E-state index contributed by atoms with van der Waals surface area (Å²) in [6.45, 7) is 1.67. The molecule has 77 heavy (non-hydrogen) atoms. The van der Waals surface area contributed by atoms with Crippen molar-refractivity contribution < 1.29 is 72.9 Å². The molecule has 16 nitrogen and oxygen atoms in total. The molecule has 0 bridgehead atoms. The van der Waals surface area contributed by atoms with Gasteiger partial charge < -0.3 is 54.4 Å². The molecule has 418 valence electrons. The molecule has 6 aromatic rings. The summed E-state index contributed by atoms with van der Waals surface area (Å²) in [7, 11) is 0. The number of guanidine groups is 2. The van der Waals surface area contributed by atoms with Gasteiger partial charge in [0.25, 0.3) is 0 Å². The lowest BCUT2D eigenvalue weighted by Gasteiger charge is -2.20. The summed E-state index contributed by atoms with van der Waals surface area (Å²) in [6, 6.07) is 41.0. The molecule has 6 aromatic carbocycles. The number of hydrogen-bond acceptors (Lipinski definition) is 8. The molecule has 2 atom stereocenters. The van der Waals surface area contributed by atoms with E-state index in [1.54, 1.807) is 0 Å². The predicted octanol–water partition coefficient (Wildman–Crippen LogP) is -1.12. The van der Waals surface area contributed by atoms with Gasteiger partial charge in [0.1, 0.15) is 36.8 Å². The maximum atomic E-state index is 13.4. The van der Waals surface area contributed by atoms with Gasteiger partial charge in [-0.2, -0.15) is 13.5 Å². The Kier molecular flexibility index (Phi) is 32.3. The smallest absolute Gasteiger partial charge is 0.338 e. The Morgan fingerprint density at radius 2 is 0.831 bits per heavy atom. The molecular formula is C58H78Cl2N8O8S. The minimum absolute atomic E-state index is 0. The highest BCUT2D eigenvalue weighted by molar-refractivity contribution is 7.59. The first-order valence-corrected chi connectivity index (χ1v) is 24.6. The second kappa shape index (κ2) is 36.7. The largest absolute Gasteiger partial charge is 1.00 e. The molecule has 0 aliphatic heterocycles. The maximum Gasteiger partial charge on any atom is 0.338 e. The first-order chi connectivity index (χ1) is 35.0. The van der Waals surface area contributed by atoms with Gasteiger partial charge in [-0.3, -0.25) is 42.5 Å². The lowest BCUT2D eigenvalue weighted by atomic mass is 9.92. The topological polar surface area (TPSA) is 261 Å². The highest BCUT2D eigenvalue weighted by Crippen LogP contribution is 2.45. The molecular weight excluding hydrogens is 1040 g/mol. The van der Waals surface area contributed by atoms with Gasteiger partial charge in [0.05, 0.1) is 26.3 Å². The van der Waals surface area contributed by atoms with Gasteiger partial charge in [-0.25, -0.2) is 9.59 Å². The van der Waals surface area contributed by atoms with E-state index < -0.39 is 24.0 Å². The molecule has 0 saturated carbocycles. The number of hydrogen-bond donors (Lipinski definition) is 8. The fourth-order valence-corrected chi connectivity index (χ4v) is 8.19. The van der Waals surface area contributed by atoms with Crippen molar-refractivity contribution in [1.82, 2.24) is 10.6 Å². The second-order valence-corrected chi connectivity index (χ2v) is 17.4. The normalized spacial score (nSPS) is 11.0. The van der Waals surface area contributed by atoms with Crippen LogP contribution in [0.25, 0.3) is 32.7 Å². The molecule has 0 heterocycles. The van der Waals surface area contributed by atoms with Gasteiger partial charge in [0.15, 0.2) is 0 Å². The highest BCUT2D eigenvalue weighted by Gasteiger charge is 2.25. The van der Waals surface area contributed by atoms with E-state index in [9.17, 15) is 19.2 Å². The Morgan fingerprint density at radius 3 is 1.21 bits per heavy atom. The van der Waals surface area contributed by atoms with Crippen LogP contribution < -0.4 is 77.8 Å². The van der Waals surface area contributed by atoms with E-state index in [2.05, 4.69) is 20.6 Å². The summed E-state index contributed by atoms with van der Waals surface area (Å²) < 4.78 is 24.3. The van der Waals surface area contributed by atoms with Crippen LogP contribution in [0.3, 0.4) is 0 Å². The van der Waals surface area contributed by atoms with Crippen molar-refractivity contribution in [2.24, 2.45) is 22.9 Å². The molecule has 0 aliphatic carbocycles. The number of carbonyl (C=O) groups excluding carboxylic acids is 4. The Balaban J connectivity index is 0.00000593. The van der Waals surface area contributed by atoms with Crippen LogP contribution in [0, 0.1) is 0 Å². The van der Waals surface area contributed by atoms with Crippen LogP contribution in [0.2, 0.25) is 0 Å². The summed E-state index contributed by atoms with van der Waals surface area (Å²) in [5.74, 6) is -0.153. The molecule has 0 aromatic heterocycles. The third-order valence-electron chi connectivity index (χ3n) is 11.8. The minimum Gasteiger partial charge on any atom is -1.00 e. The van der Waals surface area contributed by atoms with Crippen molar-refractivity contribution in [3.63, 3.8) is 0 Å². The highest BCUT2D eigenvalue weighted by atomic mass is 35.5. The average molecular weight is 1120 g/mol. The van der Waals surface area contributed by atoms with Crippen LogP contribution in [0.4, 0.5) is 0 Å². The van der Waals surface area contributed by atoms with E-state index in [1.807, 2.05) is 133 Å². The quantitative estimate of drug-likeness (QED) is 0.0120. The third-order valence-corrected chi connectivity index (χ3v) is 11.8. The molecule has 0 spiro atoms. The Labute approximate surface area is 472 Å². The second-order valence-electron chi connectivity index (χ2n) is 17.4. The Morgan fingerprint density at radius 1 is 0.468 bits per heavy atom. The standard InChI is InChI=1S/C56H66N8O8.2CH4.2ClH.H2S/c57-55(58)61-33-13-11-25-45(53(67)71-37-39-17-3-1-4-18-39)63-49(65)27-15-35-69-47-31-29-41-21-7-9-23-43(41)51(47)52-44-24-10-8-22-42(44)30-32-48(52)70-36-16-28-50(66)64-46(26-12-14-34-62-56(59)60)54(68)72-38-40-19-5-2-6-20-40;;;;;/h1-10,17-24,29-32,45-46H,11-16,25-28,33-38H2,(H,63,65)(H,64,66)(H4,57,58,61)(H4,59,60,62);2*1H4;2*1H;1H2/t45-,46-;;;;;/m1...../s1. The molecule has 0 radical (unpaired) electrons. The molecule has 0 aliphatic rings. The van der Waals surface area contributed by atoms with E-state index in [4.69, 9.17) is 41.9 Å². The fraction of sp³-hybridized carbons (Fsp3) is 0.345. The van der Waals surface area contributed by atoms with Gasteiger partial charge in [0.2, 0.25) is 11.8 Å². The van der Waals surface area contributed by atoms with Gasteiger partial charge in [-0.1, -0.05) is 136 Å². The van der Waals surface area contributed by atoms with Crippen LogP contribution in [-0.4, -0.2) is 74.1 Å². The molecule has 0 fully saturated rings. The Hall–Kier alpha value is -7.21. The molecule has 12 N–H and O–H groups in total. The number of rotatable bonds is 29. The van der Waals surface area contributed by atoms with Crippen molar-refractivity contribution in [1.29, 1.82) is 0 Å². The van der Waals surface area contributed by atoms with Gasteiger partial charge in [-0.15, -0.1) is 0 Å². The number of halogens is 2. The van der Waals surface area contributed by atoms with Crippen LogP contribution in [0.5, 0.6) is 11.5 Å². The number of nitrogens with one attached hydrogen (secondary N) is 4. The third kappa shape index (κ3) is 22.5. The zero-order chi connectivity index (χ0) is 50.9. The van der Waals surface area contributed by atoms with Crippen LogP contribution in [-0.2, 0) is 41.9 Å². The number of carbonyl (C=O) groups is 4. The monoisotopic (exact) mass is 1120 g/mol. The predicted molar refractivity (Wildman–Crippen MR) is 303 cm³/mol. The number of esters is 2. The first kappa shape index (κ1) is 67.8. The Bertz CT molecular complexity index is 2600. The van der Waals surface area contributed by atoms with Crippen LogP contribution in [0.15, 0.2) is 133 Å². The summed E-state index contributed by atoms with van der Waals surface area (Å²) >= 11 is 0. The number of benzene rings is 6. The lowest BCUT2D eigenvalue weighted by Crippen LogP contribution is -3.00. The molecule has 6 rings (SSSR count). The zero-order valence-electron chi connectivity index (χ0n) is 42.0. The molecule has 19 heteroatoms. The van der Waals surface area contributed by atoms with Crippen molar-refractivity contribution in [2.45, 2.75) is 104 Å². The van der Waals surface area contributed by atoms with E-state index in [-0.39, 0.29) is 116 Å². The van der Waals surface area contributed by atoms with Crippen molar-refractivity contribution in [2.75, 3.05) is 26.3 Å².